The van der Waals surface area contributed by atoms with Crippen molar-refractivity contribution in [2.75, 3.05) is 0 Å². The van der Waals surface area contributed by atoms with Gasteiger partial charge in [-0.3, -0.25) is 0 Å². The zero-order valence-electron chi connectivity index (χ0n) is 13.4. The van der Waals surface area contributed by atoms with Gasteiger partial charge in [-0.25, -0.2) is 14.5 Å². The summed E-state index contributed by atoms with van der Waals surface area (Å²) in [5.74, 6) is 0.509. The number of aromatic nitrogens is 4. The first kappa shape index (κ1) is 17.7. The lowest BCUT2D eigenvalue weighted by Crippen LogP contribution is -2.02. The molecule has 27 heavy (non-hydrogen) atoms. The third kappa shape index (κ3) is 3.87. The van der Waals surface area contributed by atoms with Crippen LogP contribution in [0.5, 0.6) is 5.75 Å². The summed E-state index contributed by atoms with van der Waals surface area (Å²) in [5, 5.41) is 13.9. The van der Waals surface area contributed by atoms with Gasteiger partial charge in [0.05, 0.1) is 28.4 Å². The van der Waals surface area contributed by atoms with Crippen LogP contribution in [-0.2, 0) is 0 Å². The second kappa shape index (κ2) is 7.15. The molecular weight excluding hydrogens is 411 g/mol. The molecule has 0 amide bonds. The van der Waals surface area contributed by atoms with E-state index in [-0.39, 0.29) is 5.75 Å². The van der Waals surface area contributed by atoms with Crippen molar-refractivity contribution in [3.8, 4) is 11.7 Å². The standard InChI is InChI=1S/C17H10Cl2N4O3S/c18-9-1-3-11(4-2-9)27-15-6-14-13(5-12(15)19)21-16(22-14)23-8-10(7-20-23)26-17(24)25/h1-8H,(H,21,22)(H,24,25). The van der Waals surface area contributed by atoms with Gasteiger partial charge in [-0.05, 0) is 36.4 Å². The summed E-state index contributed by atoms with van der Waals surface area (Å²) in [6, 6.07) is 11.1. The molecule has 7 nitrogen and oxygen atoms in total. The molecule has 0 bridgehead atoms. The predicted octanol–water partition coefficient (Wildman–Crippen LogP) is 5.26. The molecule has 2 N–H and O–H groups in total. The van der Waals surface area contributed by atoms with Gasteiger partial charge < -0.3 is 14.8 Å². The molecule has 2 aromatic carbocycles. The average molecular weight is 421 g/mol. The Hall–Kier alpha value is -2.68. The molecular formula is C17H10Cl2N4O3S. The van der Waals surface area contributed by atoms with Crippen LogP contribution in [0, 0.1) is 0 Å². The highest BCUT2D eigenvalue weighted by atomic mass is 35.5. The second-order valence-corrected chi connectivity index (χ2v) is 7.36. The van der Waals surface area contributed by atoms with Gasteiger partial charge in [0.25, 0.3) is 0 Å². The highest BCUT2D eigenvalue weighted by Gasteiger charge is 2.12. The molecule has 0 unspecified atom stereocenters. The highest BCUT2D eigenvalue weighted by molar-refractivity contribution is 7.99. The molecule has 0 saturated heterocycles. The molecule has 10 heteroatoms. The first-order valence-corrected chi connectivity index (χ1v) is 9.14. The quantitative estimate of drug-likeness (QED) is 0.437. The third-order valence-electron chi connectivity index (χ3n) is 3.55. The van der Waals surface area contributed by atoms with Crippen molar-refractivity contribution < 1.29 is 14.6 Å². The fourth-order valence-corrected chi connectivity index (χ4v) is 3.65. The molecule has 0 aliphatic heterocycles. The number of fused-ring (bicyclic) bond motifs is 1. The zero-order chi connectivity index (χ0) is 19.0. The Kier molecular flexibility index (Phi) is 4.69. The summed E-state index contributed by atoms with van der Waals surface area (Å²) in [4.78, 5) is 20.0. The van der Waals surface area contributed by atoms with Crippen LogP contribution in [0.15, 0.2) is 58.6 Å². The number of nitrogens with zero attached hydrogens (tertiary/aromatic N) is 3. The number of rotatable bonds is 4. The molecule has 0 spiro atoms. The largest absolute Gasteiger partial charge is 0.511 e. The zero-order valence-corrected chi connectivity index (χ0v) is 15.7. The summed E-state index contributed by atoms with van der Waals surface area (Å²) in [7, 11) is 0. The molecule has 0 atom stereocenters. The minimum Gasteiger partial charge on any atom is -0.449 e. The van der Waals surface area contributed by atoms with Crippen molar-refractivity contribution in [3.05, 3.63) is 58.8 Å². The summed E-state index contributed by atoms with van der Waals surface area (Å²) in [6.45, 7) is 0. The number of halogens is 2. The number of carbonyl (C=O) groups is 1. The first-order chi connectivity index (χ1) is 13.0. The number of ether oxygens (including phenoxy) is 1. The van der Waals surface area contributed by atoms with Gasteiger partial charge >= 0.3 is 6.16 Å². The molecule has 0 saturated carbocycles. The van der Waals surface area contributed by atoms with Crippen LogP contribution in [0.25, 0.3) is 17.0 Å². The van der Waals surface area contributed by atoms with E-state index in [0.717, 1.165) is 15.3 Å². The lowest BCUT2D eigenvalue weighted by Gasteiger charge is -2.04. The Bertz CT molecular complexity index is 1140. The minimum atomic E-state index is -1.41. The lowest BCUT2D eigenvalue weighted by atomic mass is 10.3. The normalized spacial score (nSPS) is 11.0. The van der Waals surface area contributed by atoms with E-state index in [4.69, 9.17) is 28.3 Å². The topological polar surface area (TPSA) is 93.0 Å². The smallest absolute Gasteiger partial charge is 0.449 e. The molecule has 0 aliphatic rings. The van der Waals surface area contributed by atoms with Crippen molar-refractivity contribution in [1.82, 2.24) is 19.7 Å². The Balaban J connectivity index is 1.65. The number of hydrogen-bond acceptors (Lipinski definition) is 5. The molecule has 0 aliphatic carbocycles. The van der Waals surface area contributed by atoms with Crippen molar-refractivity contribution in [2.24, 2.45) is 0 Å². The number of nitrogens with one attached hydrogen (secondary N) is 1. The average Bonchev–Trinajstić information content (AvgIpc) is 3.23. The van der Waals surface area contributed by atoms with E-state index in [9.17, 15) is 4.79 Å². The van der Waals surface area contributed by atoms with Crippen LogP contribution in [-0.4, -0.2) is 31.0 Å². The van der Waals surface area contributed by atoms with Crippen molar-refractivity contribution >= 4 is 52.2 Å². The lowest BCUT2D eigenvalue weighted by molar-refractivity contribution is 0.144. The van der Waals surface area contributed by atoms with E-state index in [1.165, 1.54) is 28.8 Å². The fraction of sp³-hybridized carbons (Fsp3) is 0. The van der Waals surface area contributed by atoms with E-state index in [2.05, 4.69) is 19.8 Å². The molecule has 0 fully saturated rings. The van der Waals surface area contributed by atoms with Crippen LogP contribution in [0.3, 0.4) is 0 Å². The van der Waals surface area contributed by atoms with E-state index < -0.39 is 6.16 Å². The number of hydrogen-bond donors (Lipinski definition) is 2. The maximum atomic E-state index is 10.6. The number of H-pyrrole nitrogens is 1. The van der Waals surface area contributed by atoms with E-state index in [1.807, 2.05) is 30.3 Å². The Morgan fingerprint density at radius 3 is 2.74 bits per heavy atom. The van der Waals surface area contributed by atoms with Gasteiger partial charge in [-0.15, -0.1) is 0 Å². The molecule has 2 heterocycles. The van der Waals surface area contributed by atoms with E-state index in [1.54, 1.807) is 6.07 Å². The van der Waals surface area contributed by atoms with Crippen LogP contribution in [0.2, 0.25) is 10.0 Å². The van der Waals surface area contributed by atoms with E-state index in [0.29, 0.717) is 21.5 Å². The van der Waals surface area contributed by atoms with Gasteiger partial charge in [-0.2, -0.15) is 5.10 Å². The van der Waals surface area contributed by atoms with Crippen molar-refractivity contribution in [1.29, 1.82) is 0 Å². The molecule has 0 radical (unpaired) electrons. The van der Waals surface area contributed by atoms with Crippen LogP contribution in [0.4, 0.5) is 4.79 Å². The van der Waals surface area contributed by atoms with Gasteiger partial charge in [-0.1, -0.05) is 35.0 Å². The first-order valence-electron chi connectivity index (χ1n) is 7.56. The van der Waals surface area contributed by atoms with Crippen molar-refractivity contribution in [3.63, 3.8) is 0 Å². The van der Waals surface area contributed by atoms with Crippen LogP contribution < -0.4 is 4.74 Å². The van der Waals surface area contributed by atoms with Gasteiger partial charge in [0.15, 0.2) is 5.75 Å². The number of imidazole rings is 1. The maximum absolute atomic E-state index is 10.6. The minimum absolute atomic E-state index is 0.0972. The fourth-order valence-electron chi connectivity index (χ4n) is 2.39. The Morgan fingerprint density at radius 1 is 1.22 bits per heavy atom. The Morgan fingerprint density at radius 2 is 2.00 bits per heavy atom. The number of aromatic amines is 1. The monoisotopic (exact) mass is 420 g/mol. The summed E-state index contributed by atoms with van der Waals surface area (Å²) in [6.07, 6.45) is 1.29. The van der Waals surface area contributed by atoms with Crippen molar-refractivity contribution in [2.45, 2.75) is 9.79 Å². The SMILES string of the molecule is O=C(O)Oc1cnn(-c2nc3cc(Sc4ccc(Cl)cc4)c(Cl)cc3[nH]2)c1. The molecule has 4 rings (SSSR count). The van der Waals surface area contributed by atoms with E-state index >= 15 is 0 Å². The second-order valence-electron chi connectivity index (χ2n) is 5.40. The molecule has 2 aromatic heterocycles. The van der Waals surface area contributed by atoms with Gasteiger partial charge in [0.1, 0.15) is 0 Å². The summed E-state index contributed by atoms with van der Waals surface area (Å²) in [5.41, 5.74) is 1.42. The van der Waals surface area contributed by atoms with Crippen LogP contribution in [0.1, 0.15) is 0 Å². The molecule has 136 valence electrons. The maximum Gasteiger partial charge on any atom is 0.511 e. The summed E-state index contributed by atoms with van der Waals surface area (Å²) < 4.78 is 5.95. The third-order valence-corrected chi connectivity index (χ3v) is 5.29. The molecule has 4 aromatic rings. The summed E-state index contributed by atoms with van der Waals surface area (Å²) >= 11 is 13.8. The predicted molar refractivity (Wildman–Crippen MR) is 102 cm³/mol. The van der Waals surface area contributed by atoms with Crippen LogP contribution >= 0.6 is 35.0 Å². The van der Waals surface area contributed by atoms with Gasteiger partial charge in [0.2, 0.25) is 5.95 Å². The number of carboxylic acid groups (broad SMARTS) is 1. The highest BCUT2D eigenvalue weighted by Crippen LogP contribution is 2.36. The number of benzene rings is 2. The Labute approximate surface area is 166 Å². The van der Waals surface area contributed by atoms with Gasteiger partial charge in [0, 0.05) is 14.8 Å².